The van der Waals surface area contributed by atoms with Gasteiger partial charge in [0.25, 0.3) is 10.1 Å². The third-order valence-corrected chi connectivity index (χ3v) is 3.91. The zero-order chi connectivity index (χ0) is 16.4. The monoisotopic (exact) mass is 332 g/mol. The lowest BCUT2D eigenvalue weighted by atomic mass is 10.1. The molecule has 0 saturated carbocycles. The average molecular weight is 332 g/mol. The van der Waals surface area contributed by atoms with Crippen LogP contribution in [0.4, 0.5) is 0 Å². The van der Waals surface area contributed by atoms with Crippen molar-refractivity contribution in [3.63, 3.8) is 0 Å². The fraction of sp³-hybridized carbons (Fsp3) is 0.600. The summed E-state index contributed by atoms with van der Waals surface area (Å²) >= 11 is 0. The normalized spacial score (nSPS) is 11.8. The van der Waals surface area contributed by atoms with Gasteiger partial charge in [0.1, 0.15) is 0 Å². The summed E-state index contributed by atoms with van der Waals surface area (Å²) in [6.45, 7) is 6.82. The number of hydrogen-bond acceptors (Lipinski definition) is 5. The maximum absolute atomic E-state index is 11.3. The van der Waals surface area contributed by atoms with Crippen LogP contribution < -0.4 is 0 Å². The van der Waals surface area contributed by atoms with E-state index in [2.05, 4.69) is 0 Å². The summed E-state index contributed by atoms with van der Waals surface area (Å²) < 4.78 is 47.7. The van der Waals surface area contributed by atoms with Crippen LogP contribution in [0.25, 0.3) is 0 Å². The molecule has 1 aromatic carbocycles. The van der Waals surface area contributed by atoms with E-state index in [9.17, 15) is 13.0 Å². The van der Waals surface area contributed by atoms with Crippen LogP contribution in [0.2, 0.25) is 0 Å². The van der Waals surface area contributed by atoms with E-state index in [4.69, 9.17) is 14.2 Å². The number of aryl methyl sites for hydroxylation is 1. The van der Waals surface area contributed by atoms with Crippen LogP contribution >= 0.6 is 0 Å². The second kappa shape index (κ2) is 9.91. The van der Waals surface area contributed by atoms with E-state index in [1.54, 1.807) is 12.1 Å². The summed E-state index contributed by atoms with van der Waals surface area (Å²) in [5.74, 6) is 0. The van der Waals surface area contributed by atoms with Crippen molar-refractivity contribution in [1.82, 2.24) is 0 Å². The molecular weight excluding hydrogens is 308 g/mol. The molecule has 0 aliphatic rings. The summed E-state index contributed by atoms with van der Waals surface area (Å²) in [7, 11) is -4.20. The highest BCUT2D eigenvalue weighted by molar-refractivity contribution is 7.85. The van der Waals surface area contributed by atoms with Crippen LogP contribution in [-0.2, 0) is 30.7 Å². The third-order valence-electron chi connectivity index (χ3n) is 2.96. The highest BCUT2D eigenvalue weighted by Crippen LogP contribution is 2.17. The summed E-state index contributed by atoms with van der Waals surface area (Å²) in [5, 5.41) is 0. The topological polar surface area (TPSA) is 82.1 Å². The van der Waals surface area contributed by atoms with Gasteiger partial charge in [0.05, 0.1) is 37.9 Å². The van der Waals surface area contributed by atoms with Gasteiger partial charge in [0, 0.05) is 6.61 Å². The minimum Gasteiger partial charge on any atom is -0.379 e. The van der Waals surface area contributed by atoms with Gasteiger partial charge in [-0.05, 0) is 31.9 Å². The van der Waals surface area contributed by atoms with Gasteiger partial charge in [-0.1, -0.05) is 17.7 Å². The van der Waals surface area contributed by atoms with E-state index in [1.165, 1.54) is 6.07 Å². The summed E-state index contributed by atoms with van der Waals surface area (Å²) in [6.07, 6.45) is 0.412. The minimum atomic E-state index is -4.20. The molecule has 0 atom stereocenters. The minimum absolute atomic E-state index is 0.0605. The number of benzene rings is 1. The SMILES string of the molecule is CCOCCOCCOCCc1cc(C)ccc1S(=O)(=O)O. The number of hydrogen-bond donors (Lipinski definition) is 1. The molecule has 1 rings (SSSR count). The quantitative estimate of drug-likeness (QED) is 0.492. The highest BCUT2D eigenvalue weighted by atomic mass is 32.2. The van der Waals surface area contributed by atoms with Crippen LogP contribution in [0.1, 0.15) is 18.1 Å². The largest absolute Gasteiger partial charge is 0.379 e. The van der Waals surface area contributed by atoms with Crippen LogP contribution in [0.5, 0.6) is 0 Å². The second-order valence-corrected chi connectivity index (χ2v) is 6.15. The third kappa shape index (κ3) is 7.33. The Balaban J connectivity index is 2.32. The molecule has 7 heteroatoms. The molecule has 22 heavy (non-hydrogen) atoms. The van der Waals surface area contributed by atoms with Gasteiger partial charge in [-0.25, -0.2) is 0 Å². The van der Waals surface area contributed by atoms with Crippen molar-refractivity contribution in [1.29, 1.82) is 0 Å². The Morgan fingerprint density at radius 2 is 1.59 bits per heavy atom. The molecule has 0 fully saturated rings. The maximum atomic E-state index is 11.3. The van der Waals surface area contributed by atoms with Crippen LogP contribution in [0, 0.1) is 6.92 Å². The van der Waals surface area contributed by atoms with Gasteiger partial charge in [-0.15, -0.1) is 0 Å². The molecule has 0 spiro atoms. The zero-order valence-electron chi connectivity index (χ0n) is 13.1. The maximum Gasteiger partial charge on any atom is 0.294 e. The van der Waals surface area contributed by atoms with Crippen molar-refractivity contribution in [3.8, 4) is 0 Å². The van der Waals surface area contributed by atoms with Gasteiger partial charge in [-0.2, -0.15) is 8.42 Å². The van der Waals surface area contributed by atoms with E-state index in [-0.39, 0.29) is 4.90 Å². The first-order valence-corrected chi connectivity index (χ1v) is 8.69. The van der Waals surface area contributed by atoms with E-state index in [0.717, 1.165) is 5.56 Å². The Kier molecular flexibility index (Phi) is 8.59. The highest BCUT2D eigenvalue weighted by Gasteiger charge is 2.14. The molecular formula is C15H24O6S. The summed E-state index contributed by atoms with van der Waals surface area (Å²) in [4.78, 5) is -0.0605. The molecule has 0 unspecified atom stereocenters. The van der Waals surface area contributed by atoms with Crippen molar-refractivity contribution < 1.29 is 27.2 Å². The number of rotatable bonds is 11. The number of ether oxygens (including phenoxy) is 3. The smallest absolute Gasteiger partial charge is 0.294 e. The van der Waals surface area contributed by atoms with Crippen molar-refractivity contribution in [2.75, 3.05) is 39.6 Å². The van der Waals surface area contributed by atoms with E-state index >= 15 is 0 Å². The van der Waals surface area contributed by atoms with Gasteiger partial charge >= 0.3 is 0 Å². The Morgan fingerprint density at radius 1 is 1.00 bits per heavy atom. The predicted octanol–water partition coefficient (Wildman–Crippen LogP) is 1.85. The van der Waals surface area contributed by atoms with Gasteiger partial charge < -0.3 is 14.2 Å². The van der Waals surface area contributed by atoms with E-state index < -0.39 is 10.1 Å². The van der Waals surface area contributed by atoms with Crippen LogP contribution in [0.3, 0.4) is 0 Å². The van der Waals surface area contributed by atoms with E-state index in [1.807, 2.05) is 13.8 Å². The molecule has 0 radical (unpaired) electrons. The molecule has 0 aromatic heterocycles. The lowest BCUT2D eigenvalue weighted by Crippen LogP contribution is -2.11. The first-order chi connectivity index (χ1) is 10.4. The average Bonchev–Trinajstić information content (AvgIpc) is 2.44. The molecule has 1 aromatic rings. The van der Waals surface area contributed by atoms with Gasteiger partial charge in [0.15, 0.2) is 0 Å². The van der Waals surface area contributed by atoms with Gasteiger partial charge in [-0.3, -0.25) is 4.55 Å². The molecule has 6 nitrogen and oxygen atoms in total. The summed E-state index contributed by atoms with van der Waals surface area (Å²) in [5.41, 5.74) is 1.49. The van der Waals surface area contributed by atoms with Crippen LogP contribution in [0.15, 0.2) is 23.1 Å². The van der Waals surface area contributed by atoms with Crippen molar-refractivity contribution in [2.45, 2.75) is 25.2 Å². The molecule has 126 valence electrons. The lowest BCUT2D eigenvalue weighted by molar-refractivity contribution is 0.0175. The van der Waals surface area contributed by atoms with Crippen molar-refractivity contribution in [2.24, 2.45) is 0 Å². The Morgan fingerprint density at radius 3 is 2.18 bits per heavy atom. The first kappa shape index (κ1) is 19.1. The van der Waals surface area contributed by atoms with Crippen molar-refractivity contribution in [3.05, 3.63) is 29.3 Å². The second-order valence-electron chi connectivity index (χ2n) is 4.76. The molecule has 0 bridgehead atoms. The first-order valence-electron chi connectivity index (χ1n) is 7.25. The Bertz CT molecular complexity index is 541. The molecule has 0 aliphatic carbocycles. The molecule has 0 heterocycles. The van der Waals surface area contributed by atoms with Crippen LogP contribution in [-0.4, -0.2) is 52.6 Å². The summed E-state index contributed by atoms with van der Waals surface area (Å²) in [6, 6.07) is 4.81. The van der Waals surface area contributed by atoms with Gasteiger partial charge in [0.2, 0.25) is 0 Å². The molecule has 0 saturated heterocycles. The fourth-order valence-electron chi connectivity index (χ4n) is 1.92. The Labute approximate surface area is 132 Å². The van der Waals surface area contributed by atoms with E-state index in [0.29, 0.717) is 51.6 Å². The molecule has 1 N–H and O–H groups in total. The fourth-order valence-corrected chi connectivity index (χ4v) is 2.65. The van der Waals surface area contributed by atoms with Crippen molar-refractivity contribution >= 4 is 10.1 Å². The molecule has 0 aliphatic heterocycles. The predicted molar refractivity (Wildman–Crippen MR) is 82.8 cm³/mol. The molecule has 0 amide bonds. The zero-order valence-corrected chi connectivity index (χ0v) is 13.9. The standard InChI is InChI=1S/C15H24O6S/c1-3-19-8-9-21-11-10-20-7-6-14-12-13(2)4-5-15(14)22(16,17)18/h4-5,12H,3,6-11H2,1-2H3,(H,16,17,18). The lowest BCUT2D eigenvalue weighted by Gasteiger charge is -2.09. The Hall–Kier alpha value is -0.990.